The van der Waals surface area contributed by atoms with Gasteiger partial charge in [0.2, 0.25) is 0 Å². The van der Waals surface area contributed by atoms with Crippen LogP contribution < -0.4 is 0 Å². The third-order valence-corrected chi connectivity index (χ3v) is 15.2. The number of rotatable bonds is 10. The van der Waals surface area contributed by atoms with E-state index in [1.54, 1.807) is 0 Å². The van der Waals surface area contributed by atoms with Crippen LogP contribution in [0.25, 0.3) is 0 Å². The number of hydrogen-bond acceptors (Lipinski definition) is 3. The topological polar surface area (TPSA) is 35.5 Å². The van der Waals surface area contributed by atoms with Crippen LogP contribution in [0.4, 0.5) is 0 Å². The van der Waals surface area contributed by atoms with Gasteiger partial charge in [0.15, 0.2) is 22.9 Å². The van der Waals surface area contributed by atoms with Crippen molar-refractivity contribution in [2.75, 3.05) is 0 Å². The first kappa shape index (κ1) is 27.6. The Labute approximate surface area is 177 Å². The lowest BCUT2D eigenvalue weighted by molar-refractivity contribution is -0.117. The Morgan fingerprint density at radius 3 is 1.79 bits per heavy atom. The smallest absolute Gasteiger partial charge is 0.193 e. The normalized spacial score (nSPS) is 15.5. The average Bonchev–Trinajstić information content (AvgIpc) is 2.52. The molecule has 3 nitrogen and oxygen atoms in total. The Kier molecular flexibility index (Phi) is 10.9. The van der Waals surface area contributed by atoms with Gasteiger partial charge in [0, 0.05) is 6.42 Å². The summed E-state index contributed by atoms with van der Waals surface area (Å²) in [5, 5.41) is 0.0851. The van der Waals surface area contributed by atoms with E-state index in [0.29, 0.717) is 0 Å². The molecule has 0 rings (SSSR count). The van der Waals surface area contributed by atoms with Gasteiger partial charge in [-0.1, -0.05) is 73.6 Å². The standard InChI is InChI=1S/C23H46O3Si2/c1-12-13-14-15-16-17-18-20(25-27(8,9)22(2,3)4)21(19-24)26-28(10,11)23(5,6)7/h19-21H,12-16H2,1-11H3/t20-,21-/m0/s1. The van der Waals surface area contributed by atoms with Crippen molar-refractivity contribution in [1.82, 2.24) is 0 Å². The van der Waals surface area contributed by atoms with E-state index < -0.39 is 28.8 Å². The van der Waals surface area contributed by atoms with Crippen LogP contribution in [0.1, 0.15) is 80.6 Å². The maximum atomic E-state index is 12.0. The Morgan fingerprint density at radius 2 is 1.36 bits per heavy atom. The van der Waals surface area contributed by atoms with Gasteiger partial charge < -0.3 is 13.6 Å². The lowest BCUT2D eigenvalue weighted by Crippen LogP contribution is -2.52. The van der Waals surface area contributed by atoms with Crippen molar-refractivity contribution >= 4 is 22.9 Å². The molecule has 28 heavy (non-hydrogen) atoms. The molecule has 164 valence electrons. The number of carbonyl (C=O) groups excluding carboxylic acids is 1. The van der Waals surface area contributed by atoms with E-state index in [0.717, 1.165) is 19.1 Å². The second kappa shape index (κ2) is 11.1. The molecule has 0 aliphatic heterocycles. The summed E-state index contributed by atoms with van der Waals surface area (Å²) in [6.07, 6.45) is 5.41. The highest BCUT2D eigenvalue weighted by molar-refractivity contribution is 6.74. The Balaban J connectivity index is 5.55. The first-order valence-electron chi connectivity index (χ1n) is 10.9. The van der Waals surface area contributed by atoms with Gasteiger partial charge in [0.1, 0.15) is 12.2 Å². The zero-order valence-electron chi connectivity index (χ0n) is 20.5. The zero-order chi connectivity index (χ0) is 22.2. The van der Waals surface area contributed by atoms with Crippen LogP contribution in [0.2, 0.25) is 36.3 Å². The SMILES string of the molecule is CCCCCCC#C[C@H](O[Si](C)(C)C(C)(C)C)[C@H](C=O)O[Si](C)(C)C(C)(C)C. The summed E-state index contributed by atoms with van der Waals surface area (Å²) in [5.41, 5.74) is 0. The molecule has 0 bridgehead atoms. The van der Waals surface area contributed by atoms with Gasteiger partial charge >= 0.3 is 0 Å². The maximum absolute atomic E-state index is 12.0. The minimum atomic E-state index is -2.10. The number of hydrogen-bond donors (Lipinski definition) is 0. The van der Waals surface area contributed by atoms with E-state index in [1.807, 2.05) is 0 Å². The molecule has 0 unspecified atom stereocenters. The Bertz CT molecular complexity index is 531. The minimum absolute atomic E-state index is 0.0311. The summed E-state index contributed by atoms with van der Waals surface area (Å²) in [6.45, 7) is 24.1. The lowest BCUT2D eigenvalue weighted by Gasteiger charge is -2.42. The molecule has 0 heterocycles. The molecule has 0 aromatic carbocycles. The second-order valence-electron chi connectivity index (χ2n) is 10.9. The monoisotopic (exact) mass is 426 g/mol. The molecule has 0 amide bonds. The van der Waals surface area contributed by atoms with Crippen LogP contribution in [-0.4, -0.2) is 35.1 Å². The molecule has 0 spiro atoms. The molecule has 0 saturated carbocycles. The molecule has 2 atom stereocenters. The number of unbranched alkanes of at least 4 members (excludes halogenated alkanes) is 4. The zero-order valence-corrected chi connectivity index (χ0v) is 22.5. The van der Waals surface area contributed by atoms with Gasteiger partial charge in [-0.15, -0.1) is 5.92 Å². The molecular weight excluding hydrogens is 380 g/mol. The number of aldehydes is 1. The fourth-order valence-electron chi connectivity index (χ4n) is 2.16. The summed E-state index contributed by atoms with van der Waals surface area (Å²) >= 11 is 0. The van der Waals surface area contributed by atoms with Crippen molar-refractivity contribution in [2.45, 2.75) is 129 Å². The van der Waals surface area contributed by atoms with Gasteiger partial charge in [0.05, 0.1) is 0 Å². The predicted molar refractivity (Wildman–Crippen MR) is 127 cm³/mol. The van der Waals surface area contributed by atoms with Crippen LogP contribution in [0.15, 0.2) is 0 Å². The largest absolute Gasteiger partial charge is 0.404 e. The predicted octanol–water partition coefficient (Wildman–Crippen LogP) is 6.94. The Morgan fingerprint density at radius 1 is 0.857 bits per heavy atom. The lowest BCUT2D eigenvalue weighted by atomic mass is 10.1. The van der Waals surface area contributed by atoms with Crippen LogP contribution in [0, 0.1) is 11.8 Å². The minimum Gasteiger partial charge on any atom is -0.404 e. The summed E-state index contributed by atoms with van der Waals surface area (Å²) in [6, 6.07) is 0. The van der Waals surface area contributed by atoms with Crippen molar-refractivity contribution in [3.05, 3.63) is 0 Å². The third kappa shape index (κ3) is 8.94. The maximum Gasteiger partial charge on any atom is 0.193 e. The Hall–Kier alpha value is -0.416. The summed E-state index contributed by atoms with van der Waals surface area (Å²) < 4.78 is 13.0. The molecule has 0 aliphatic carbocycles. The van der Waals surface area contributed by atoms with Gasteiger partial charge in [-0.25, -0.2) is 0 Å². The first-order valence-corrected chi connectivity index (χ1v) is 16.7. The second-order valence-corrected chi connectivity index (χ2v) is 20.4. The fraction of sp³-hybridized carbons (Fsp3) is 0.870. The van der Waals surface area contributed by atoms with Crippen molar-refractivity contribution in [1.29, 1.82) is 0 Å². The molecule has 0 aromatic rings. The van der Waals surface area contributed by atoms with E-state index in [-0.39, 0.29) is 10.1 Å². The van der Waals surface area contributed by atoms with E-state index >= 15 is 0 Å². The van der Waals surface area contributed by atoms with Gasteiger partial charge in [-0.2, -0.15) is 0 Å². The highest BCUT2D eigenvalue weighted by Crippen LogP contribution is 2.40. The van der Waals surface area contributed by atoms with Crippen molar-refractivity contribution < 1.29 is 13.6 Å². The average molecular weight is 427 g/mol. The van der Waals surface area contributed by atoms with E-state index in [9.17, 15) is 4.79 Å². The molecule has 0 aromatic heterocycles. The first-order chi connectivity index (χ1) is 12.6. The quantitative estimate of drug-likeness (QED) is 0.164. The molecule has 0 saturated heterocycles. The van der Waals surface area contributed by atoms with E-state index in [4.69, 9.17) is 8.85 Å². The van der Waals surface area contributed by atoms with Crippen molar-refractivity contribution in [2.24, 2.45) is 0 Å². The van der Waals surface area contributed by atoms with Gasteiger partial charge in [0.25, 0.3) is 0 Å². The molecule has 0 fully saturated rings. The molecular formula is C23H46O3Si2. The summed E-state index contributed by atoms with van der Waals surface area (Å²) in [5.74, 6) is 6.56. The van der Waals surface area contributed by atoms with Crippen molar-refractivity contribution in [3.8, 4) is 11.8 Å². The highest BCUT2D eigenvalue weighted by atomic mass is 28.4. The van der Waals surface area contributed by atoms with E-state index in [2.05, 4.69) is 86.5 Å². The molecule has 0 radical (unpaired) electrons. The van der Waals surface area contributed by atoms with E-state index in [1.165, 1.54) is 19.3 Å². The van der Waals surface area contributed by atoms with Crippen molar-refractivity contribution in [3.63, 3.8) is 0 Å². The van der Waals surface area contributed by atoms with Crippen LogP contribution in [0.5, 0.6) is 0 Å². The fourth-order valence-corrected chi connectivity index (χ4v) is 4.56. The highest BCUT2D eigenvalue weighted by Gasteiger charge is 2.44. The van der Waals surface area contributed by atoms with Gasteiger partial charge in [-0.3, -0.25) is 0 Å². The van der Waals surface area contributed by atoms with Crippen LogP contribution >= 0.6 is 0 Å². The summed E-state index contributed by atoms with van der Waals surface area (Å²) in [4.78, 5) is 12.0. The third-order valence-electron chi connectivity index (χ3n) is 6.30. The summed E-state index contributed by atoms with van der Waals surface area (Å²) in [7, 11) is -4.18. The molecule has 0 aliphatic rings. The molecule has 0 N–H and O–H groups in total. The molecule has 5 heteroatoms. The number of carbonyl (C=O) groups is 1. The van der Waals surface area contributed by atoms with Gasteiger partial charge in [-0.05, 0) is 42.7 Å². The van der Waals surface area contributed by atoms with Crippen LogP contribution in [-0.2, 0) is 13.6 Å². The van der Waals surface area contributed by atoms with Crippen LogP contribution in [0.3, 0.4) is 0 Å².